The lowest BCUT2D eigenvalue weighted by Gasteiger charge is -2.09. The summed E-state index contributed by atoms with van der Waals surface area (Å²) in [6.45, 7) is 0. The molecule has 0 saturated heterocycles. The van der Waals surface area contributed by atoms with E-state index >= 15 is 0 Å². The summed E-state index contributed by atoms with van der Waals surface area (Å²) in [5, 5.41) is 8.48. The predicted molar refractivity (Wildman–Crippen MR) is 44.6 cm³/mol. The van der Waals surface area contributed by atoms with Crippen LogP contribution in [0.15, 0.2) is 18.3 Å². The minimum absolute atomic E-state index is 0.0299. The Morgan fingerprint density at radius 2 is 2.50 bits per heavy atom. The molecule has 4 nitrogen and oxygen atoms in total. The zero-order valence-corrected chi connectivity index (χ0v) is 6.90. The van der Waals surface area contributed by atoms with E-state index in [0.29, 0.717) is 0 Å². The number of nitrogens with zero attached hydrogens (tertiary/aromatic N) is 1. The zero-order valence-electron chi connectivity index (χ0n) is 6.90. The Hall–Kier alpha value is -1.29. The highest BCUT2D eigenvalue weighted by Crippen LogP contribution is 2.13. The number of hydrogen-bond acceptors (Lipinski definition) is 2. The Morgan fingerprint density at radius 3 is 2.92 bits per heavy atom. The van der Waals surface area contributed by atoms with Crippen LogP contribution in [0.2, 0.25) is 0 Å². The largest absolute Gasteiger partial charge is 0.481 e. The van der Waals surface area contributed by atoms with Gasteiger partial charge in [-0.3, -0.25) is 4.79 Å². The quantitative estimate of drug-likeness (QED) is 0.690. The molecule has 0 aromatic carbocycles. The lowest BCUT2D eigenvalue weighted by molar-refractivity contribution is -0.137. The van der Waals surface area contributed by atoms with Gasteiger partial charge < -0.3 is 15.4 Å². The first-order valence-electron chi connectivity index (χ1n) is 3.70. The van der Waals surface area contributed by atoms with Gasteiger partial charge in [-0.25, -0.2) is 0 Å². The number of hydrogen-bond donors (Lipinski definition) is 2. The molecule has 0 fully saturated rings. The lowest BCUT2D eigenvalue weighted by Crippen LogP contribution is -2.17. The second-order valence-corrected chi connectivity index (χ2v) is 2.75. The predicted octanol–water partition coefficient (Wildman–Crippen LogP) is 0.500. The molecule has 3 N–H and O–H groups in total. The van der Waals surface area contributed by atoms with Gasteiger partial charge in [0.1, 0.15) is 0 Å². The second-order valence-electron chi connectivity index (χ2n) is 2.75. The van der Waals surface area contributed by atoms with Crippen molar-refractivity contribution in [2.75, 3.05) is 0 Å². The Balaban J connectivity index is 2.71. The minimum atomic E-state index is -0.872. The van der Waals surface area contributed by atoms with Gasteiger partial charge in [-0.1, -0.05) is 0 Å². The fourth-order valence-electron chi connectivity index (χ4n) is 1.15. The van der Waals surface area contributed by atoms with Gasteiger partial charge in [0.15, 0.2) is 0 Å². The number of carbonyl (C=O) groups is 1. The van der Waals surface area contributed by atoms with Crippen LogP contribution in [0.25, 0.3) is 0 Å². The van der Waals surface area contributed by atoms with Crippen molar-refractivity contribution >= 4 is 5.97 Å². The molecule has 12 heavy (non-hydrogen) atoms. The normalized spacial score (nSPS) is 12.8. The van der Waals surface area contributed by atoms with Crippen molar-refractivity contribution in [1.82, 2.24) is 4.57 Å². The summed E-state index contributed by atoms with van der Waals surface area (Å²) in [7, 11) is 1.84. The van der Waals surface area contributed by atoms with E-state index in [1.807, 2.05) is 29.9 Å². The van der Waals surface area contributed by atoms with Crippen LogP contribution < -0.4 is 5.73 Å². The van der Waals surface area contributed by atoms with E-state index in [1.165, 1.54) is 0 Å². The van der Waals surface area contributed by atoms with Crippen molar-refractivity contribution in [3.05, 3.63) is 24.0 Å². The molecule has 1 rings (SSSR count). The maximum Gasteiger partial charge on any atom is 0.305 e. The Kier molecular flexibility index (Phi) is 2.50. The Morgan fingerprint density at radius 1 is 1.83 bits per heavy atom. The number of carboxylic acids is 1. The summed E-state index contributed by atoms with van der Waals surface area (Å²) in [6, 6.07) is 3.26. The molecule has 4 heteroatoms. The van der Waals surface area contributed by atoms with Crippen LogP contribution in [0.1, 0.15) is 18.2 Å². The Labute approximate surface area is 70.6 Å². The van der Waals surface area contributed by atoms with E-state index in [9.17, 15) is 4.79 Å². The molecule has 0 aliphatic heterocycles. The van der Waals surface area contributed by atoms with Gasteiger partial charge in [-0.15, -0.1) is 0 Å². The molecular weight excluding hydrogens is 156 g/mol. The summed E-state index contributed by atoms with van der Waals surface area (Å²) in [6.07, 6.45) is 1.81. The highest BCUT2D eigenvalue weighted by atomic mass is 16.4. The van der Waals surface area contributed by atoms with Gasteiger partial charge >= 0.3 is 5.97 Å². The van der Waals surface area contributed by atoms with Crippen molar-refractivity contribution < 1.29 is 9.90 Å². The summed E-state index contributed by atoms with van der Waals surface area (Å²) >= 11 is 0. The first-order valence-corrected chi connectivity index (χ1v) is 3.70. The van der Waals surface area contributed by atoms with E-state index in [1.54, 1.807) is 0 Å². The average molecular weight is 168 g/mol. The number of carboxylic acid groups (broad SMARTS) is 1. The Bertz CT molecular complexity index is 280. The summed E-state index contributed by atoms with van der Waals surface area (Å²) in [5.74, 6) is -0.872. The van der Waals surface area contributed by atoms with Gasteiger partial charge in [0.05, 0.1) is 12.5 Å². The van der Waals surface area contributed by atoms with Gasteiger partial charge in [0.25, 0.3) is 0 Å². The fourth-order valence-corrected chi connectivity index (χ4v) is 1.15. The first-order chi connectivity index (χ1) is 5.61. The number of aliphatic carboxylic acids is 1. The van der Waals surface area contributed by atoms with Gasteiger partial charge in [0, 0.05) is 18.9 Å². The molecule has 1 aromatic rings. The van der Waals surface area contributed by atoms with Crippen molar-refractivity contribution in [3.8, 4) is 0 Å². The molecule has 0 aliphatic rings. The molecule has 1 atom stereocenters. The highest BCUT2D eigenvalue weighted by molar-refractivity contribution is 5.67. The number of aryl methyl sites for hydroxylation is 1. The zero-order chi connectivity index (χ0) is 9.14. The minimum Gasteiger partial charge on any atom is -0.481 e. The van der Waals surface area contributed by atoms with Crippen LogP contribution in [-0.2, 0) is 11.8 Å². The van der Waals surface area contributed by atoms with E-state index in [2.05, 4.69) is 0 Å². The van der Waals surface area contributed by atoms with Crippen molar-refractivity contribution in [2.45, 2.75) is 12.5 Å². The van der Waals surface area contributed by atoms with E-state index in [-0.39, 0.29) is 6.42 Å². The topological polar surface area (TPSA) is 68.2 Å². The molecule has 0 bridgehead atoms. The molecule has 1 aromatic heterocycles. The third kappa shape index (κ3) is 1.85. The first kappa shape index (κ1) is 8.80. The lowest BCUT2D eigenvalue weighted by atomic mass is 10.1. The van der Waals surface area contributed by atoms with Crippen LogP contribution >= 0.6 is 0 Å². The number of nitrogens with two attached hydrogens (primary N) is 1. The number of rotatable bonds is 3. The molecule has 1 heterocycles. The van der Waals surface area contributed by atoms with Crippen LogP contribution in [0.3, 0.4) is 0 Å². The maximum absolute atomic E-state index is 10.3. The van der Waals surface area contributed by atoms with E-state index in [0.717, 1.165) is 5.69 Å². The maximum atomic E-state index is 10.3. The standard InChI is InChI=1S/C8H12N2O2/c1-10-4-2-3-7(10)6(9)5-8(11)12/h2-4,6H,5,9H2,1H3,(H,11,12)/t6-/m1/s1. The fraction of sp³-hybridized carbons (Fsp3) is 0.375. The third-order valence-electron chi connectivity index (χ3n) is 1.76. The SMILES string of the molecule is Cn1cccc1[C@H](N)CC(=O)O. The van der Waals surface area contributed by atoms with Crippen LogP contribution in [0.5, 0.6) is 0 Å². The van der Waals surface area contributed by atoms with Gasteiger partial charge in [-0.05, 0) is 12.1 Å². The average Bonchev–Trinajstić information content (AvgIpc) is 2.33. The van der Waals surface area contributed by atoms with Crippen LogP contribution in [0.4, 0.5) is 0 Å². The molecule has 0 saturated carbocycles. The third-order valence-corrected chi connectivity index (χ3v) is 1.76. The molecule has 66 valence electrons. The van der Waals surface area contributed by atoms with Crippen molar-refractivity contribution in [1.29, 1.82) is 0 Å². The van der Waals surface area contributed by atoms with E-state index in [4.69, 9.17) is 10.8 Å². The van der Waals surface area contributed by atoms with Gasteiger partial charge in [0.2, 0.25) is 0 Å². The summed E-state index contributed by atoms with van der Waals surface area (Å²) in [5.41, 5.74) is 6.48. The molecule has 0 unspecified atom stereocenters. The second kappa shape index (κ2) is 3.40. The van der Waals surface area contributed by atoms with Gasteiger partial charge in [-0.2, -0.15) is 0 Å². The molecule has 0 aliphatic carbocycles. The molecular formula is C8H12N2O2. The van der Waals surface area contributed by atoms with Crippen molar-refractivity contribution in [2.24, 2.45) is 12.8 Å². The van der Waals surface area contributed by atoms with Crippen LogP contribution in [-0.4, -0.2) is 15.6 Å². The smallest absolute Gasteiger partial charge is 0.305 e. The molecule has 0 amide bonds. The monoisotopic (exact) mass is 168 g/mol. The highest BCUT2D eigenvalue weighted by Gasteiger charge is 2.12. The van der Waals surface area contributed by atoms with Crippen molar-refractivity contribution in [3.63, 3.8) is 0 Å². The van der Waals surface area contributed by atoms with Crippen LogP contribution in [0, 0.1) is 0 Å². The number of aromatic nitrogens is 1. The van der Waals surface area contributed by atoms with E-state index < -0.39 is 12.0 Å². The molecule has 0 radical (unpaired) electrons. The molecule has 0 spiro atoms. The summed E-state index contributed by atoms with van der Waals surface area (Å²) in [4.78, 5) is 10.3. The summed E-state index contributed by atoms with van der Waals surface area (Å²) < 4.78 is 1.83.